The summed E-state index contributed by atoms with van der Waals surface area (Å²) in [5.74, 6) is 2.02. The predicted octanol–water partition coefficient (Wildman–Crippen LogP) is 2.71. The number of amides is 1. The highest BCUT2D eigenvalue weighted by molar-refractivity contribution is 7.98. The standard InChI is InChI=1S/C14H28N2OS/c1-5-7-8-12-14(17)16(13(6-2)15-12)9-11(3)10-18-4/h11-13,15H,5-10H2,1-4H3. The molecule has 1 aliphatic heterocycles. The van der Waals surface area contributed by atoms with E-state index in [2.05, 4.69) is 37.2 Å². The second-order valence-electron chi connectivity index (χ2n) is 5.34. The molecule has 4 heteroatoms. The summed E-state index contributed by atoms with van der Waals surface area (Å²) in [6.07, 6.45) is 6.66. The van der Waals surface area contributed by atoms with E-state index < -0.39 is 0 Å². The maximum absolute atomic E-state index is 12.4. The topological polar surface area (TPSA) is 32.3 Å². The Morgan fingerprint density at radius 3 is 2.72 bits per heavy atom. The molecule has 1 N–H and O–H groups in total. The van der Waals surface area contributed by atoms with E-state index in [0.717, 1.165) is 38.0 Å². The first kappa shape index (κ1) is 15.8. The van der Waals surface area contributed by atoms with Gasteiger partial charge in [0.2, 0.25) is 5.91 Å². The maximum Gasteiger partial charge on any atom is 0.241 e. The van der Waals surface area contributed by atoms with Crippen molar-refractivity contribution in [1.29, 1.82) is 0 Å². The zero-order chi connectivity index (χ0) is 13.5. The van der Waals surface area contributed by atoms with Crippen LogP contribution in [0.4, 0.5) is 0 Å². The van der Waals surface area contributed by atoms with Crippen molar-refractivity contribution in [2.24, 2.45) is 5.92 Å². The molecule has 1 amide bonds. The minimum atomic E-state index is 0.0661. The first-order chi connectivity index (χ1) is 8.63. The van der Waals surface area contributed by atoms with Gasteiger partial charge in [0.05, 0.1) is 12.2 Å². The van der Waals surface area contributed by atoms with E-state index in [1.165, 1.54) is 0 Å². The van der Waals surface area contributed by atoms with Gasteiger partial charge in [-0.05, 0) is 30.8 Å². The summed E-state index contributed by atoms with van der Waals surface area (Å²) in [6.45, 7) is 7.46. The lowest BCUT2D eigenvalue weighted by molar-refractivity contribution is -0.130. The molecule has 0 saturated carbocycles. The van der Waals surface area contributed by atoms with Crippen molar-refractivity contribution in [3.8, 4) is 0 Å². The van der Waals surface area contributed by atoms with Gasteiger partial charge < -0.3 is 4.90 Å². The lowest BCUT2D eigenvalue weighted by Gasteiger charge is -2.26. The first-order valence-electron chi connectivity index (χ1n) is 7.19. The van der Waals surface area contributed by atoms with Gasteiger partial charge in [0, 0.05) is 6.54 Å². The number of nitrogens with zero attached hydrogens (tertiary/aromatic N) is 1. The molecule has 1 fully saturated rings. The second kappa shape index (κ2) is 8.05. The quantitative estimate of drug-likeness (QED) is 0.737. The number of nitrogens with one attached hydrogen (secondary N) is 1. The highest BCUT2D eigenvalue weighted by atomic mass is 32.2. The molecule has 3 atom stereocenters. The Labute approximate surface area is 116 Å². The lowest BCUT2D eigenvalue weighted by atomic mass is 10.1. The fraction of sp³-hybridized carbons (Fsp3) is 0.929. The third kappa shape index (κ3) is 4.16. The van der Waals surface area contributed by atoms with E-state index in [1.54, 1.807) is 0 Å². The van der Waals surface area contributed by atoms with E-state index in [0.29, 0.717) is 11.8 Å². The van der Waals surface area contributed by atoms with Crippen LogP contribution < -0.4 is 5.32 Å². The molecular formula is C14H28N2OS. The van der Waals surface area contributed by atoms with E-state index in [1.807, 2.05) is 11.8 Å². The van der Waals surface area contributed by atoms with Gasteiger partial charge in [-0.3, -0.25) is 10.1 Å². The smallest absolute Gasteiger partial charge is 0.241 e. The fourth-order valence-electron chi connectivity index (χ4n) is 2.59. The molecule has 0 radical (unpaired) electrons. The summed E-state index contributed by atoms with van der Waals surface area (Å²) < 4.78 is 0. The van der Waals surface area contributed by atoms with Crippen molar-refractivity contribution in [2.75, 3.05) is 18.6 Å². The van der Waals surface area contributed by atoms with Gasteiger partial charge in [-0.2, -0.15) is 11.8 Å². The molecule has 0 aromatic rings. The second-order valence-corrected chi connectivity index (χ2v) is 6.25. The monoisotopic (exact) mass is 272 g/mol. The molecule has 1 rings (SSSR count). The number of thioether (sulfide) groups is 1. The Balaban J connectivity index is 2.56. The SMILES string of the molecule is CCCCC1NC(CC)N(CC(C)CSC)C1=O. The van der Waals surface area contributed by atoms with Crippen LogP contribution in [0.15, 0.2) is 0 Å². The van der Waals surface area contributed by atoms with Crippen LogP contribution in [0.5, 0.6) is 0 Å². The van der Waals surface area contributed by atoms with Gasteiger partial charge in [-0.15, -0.1) is 0 Å². The highest BCUT2D eigenvalue weighted by Gasteiger charge is 2.37. The largest absolute Gasteiger partial charge is 0.326 e. The van der Waals surface area contributed by atoms with Crippen LogP contribution in [0.1, 0.15) is 46.5 Å². The number of carbonyl (C=O) groups is 1. The Bertz CT molecular complexity index is 260. The van der Waals surface area contributed by atoms with Crippen molar-refractivity contribution in [1.82, 2.24) is 10.2 Å². The summed E-state index contributed by atoms with van der Waals surface area (Å²) in [4.78, 5) is 14.4. The zero-order valence-corrected chi connectivity index (χ0v) is 13.1. The van der Waals surface area contributed by atoms with E-state index in [9.17, 15) is 4.79 Å². The Hall–Kier alpha value is -0.220. The molecule has 3 nitrogen and oxygen atoms in total. The van der Waals surface area contributed by atoms with E-state index in [-0.39, 0.29) is 12.2 Å². The zero-order valence-electron chi connectivity index (χ0n) is 12.2. The molecule has 3 unspecified atom stereocenters. The average Bonchev–Trinajstić information content (AvgIpc) is 2.64. The van der Waals surface area contributed by atoms with Crippen LogP contribution in [0.2, 0.25) is 0 Å². The number of hydrogen-bond donors (Lipinski definition) is 1. The molecule has 0 bridgehead atoms. The molecule has 0 aliphatic carbocycles. The minimum absolute atomic E-state index is 0.0661. The Morgan fingerprint density at radius 1 is 1.44 bits per heavy atom. The van der Waals surface area contributed by atoms with Crippen molar-refractivity contribution in [2.45, 2.75) is 58.7 Å². The van der Waals surface area contributed by atoms with Gasteiger partial charge in [0.15, 0.2) is 0 Å². The summed E-state index contributed by atoms with van der Waals surface area (Å²) in [5.41, 5.74) is 0. The van der Waals surface area contributed by atoms with Gasteiger partial charge in [0.25, 0.3) is 0 Å². The number of hydrogen-bond acceptors (Lipinski definition) is 3. The molecule has 1 aliphatic rings. The van der Waals surface area contributed by atoms with E-state index >= 15 is 0 Å². The van der Waals surface area contributed by atoms with Gasteiger partial charge in [0.1, 0.15) is 0 Å². The summed E-state index contributed by atoms with van der Waals surface area (Å²) in [6, 6.07) is 0.0661. The van der Waals surface area contributed by atoms with Crippen LogP contribution in [-0.2, 0) is 4.79 Å². The van der Waals surface area contributed by atoms with Crippen LogP contribution in [0.25, 0.3) is 0 Å². The predicted molar refractivity (Wildman–Crippen MR) is 79.8 cm³/mol. The molecule has 1 heterocycles. The molecule has 0 aromatic carbocycles. The molecule has 0 spiro atoms. The van der Waals surface area contributed by atoms with Crippen LogP contribution >= 0.6 is 11.8 Å². The molecular weight excluding hydrogens is 244 g/mol. The molecule has 106 valence electrons. The third-order valence-electron chi connectivity index (χ3n) is 3.54. The fourth-order valence-corrected chi connectivity index (χ4v) is 3.27. The number of unbranched alkanes of at least 4 members (excludes halogenated alkanes) is 1. The maximum atomic E-state index is 12.4. The van der Waals surface area contributed by atoms with Crippen LogP contribution in [0, 0.1) is 5.92 Å². The Kier molecular flexibility index (Phi) is 7.08. The molecule has 1 saturated heterocycles. The van der Waals surface area contributed by atoms with Gasteiger partial charge in [-0.25, -0.2) is 0 Å². The lowest BCUT2D eigenvalue weighted by Crippen LogP contribution is -2.39. The first-order valence-corrected chi connectivity index (χ1v) is 8.58. The summed E-state index contributed by atoms with van der Waals surface area (Å²) >= 11 is 1.86. The average molecular weight is 272 g/mol. The highest BCUT2D eigenvalue weighted by Crippen LogP contribution is 2.20. The molecule has 18 heavy (non-hydrogen) atoms. The van der Waals surface area contributed by atoms with Crippen LogP contribution in [0.3, 0.4) is 0 Å². The van der Waals surface area contributed by atoms with Gasteiger partial charge >= 0.3 is 0 Å². The van der Waals surface area contributed by atoms with Crippen molar-refractivity contribution in [3.05, 3.63) is 0 Å². The minimum Gasteiger partial charge on any atom is -0.326 e. The van der Waals surface area contributed by atoms with Crippen molar-refractivity contribution < 1.29 is 4.79 Å². The van der Waals surface area contributed by atoms with Crippen molar-refractivity contribution in [3.63, 3.8) is 0 Å². The van der Waals surface area contributed by atoms with Crippen molar-refractivity contribution >= 4 is 17.7 Å². The third-order valence-corrected chi connectivity index (χ3v) is 4.45. The normalized spacial score (nSPS) is 25.8. The van der Waals surface area contributed by atoms with Gasteiger partial charge in [-0.1, -0.05) is 33.6 Å². The summed E-state index contributed by atoms with van der Waals surface area (Å²) in [7, 11) is 0. The van der Waals surface area contributed by atoms with E-state index in [4.69, 9.17) is 0 Å². The van der Waals surface area contributed by atoms with Crippen LogP contribution in [-0.4, -0.2) is 41.6 Å². The molecule has 0 aromatic heterocycles. The number of rotatable bonds is 8. The summed E-state index contributed by atoms with van der Waals surface area (Å²) in [5, 5.41) is 3.49. The Morgan fingerprint density at radius 2 is 2.17 bits per heavy atom. The number of carbonyl (C=O) groups excluding carboxylic acids is 1.